The van der Waals surface area contributed by atoms with Crippen LogP contribution in [0.5, 0.6) is 5.75 Å². The molecular formula is C14H18N2OS. The van der Waals surface area contributed by atoms with Crippen molar-refractivity contribution in [3.63, 3.8) is 0 Å². The summed E-state index contributed by atoms with van der Waals surface area (Å²) in [6.07, 6.45) is 3.15. The number of anilines is 1. The SMILES string of the molecule is CCC(C)Oc1cccc(NCc2cncs2)c1. The highest BCUT2D eigenvalue weighted by atomic mass is 32.1. The number of nitrogens with zero attached hydrogens (tertiary/aromatic N) is 1. The first-order chi connectivity index (χ1) is 8.78. The fourth-order valence-electron chi connectivity index (χ4n) is 1.51. The van der Waals surface area contributed by atoms with Crippen LogP contribution in [0.2, 0.25) is 0 Å². The molecule has 0 radical (unpaired) electrons. The van der Waals surface area contributed by atoms with Gasteiger partial charge >= 0.3 is 0 Å². The highest BCUT2D eigenvalue weighted by Gasteiger charge is 2.02. The molecular weight excluding hydrogens is 244 g/mol. The van der Waals surface area contributed by atoms with Crippen molar-refractivity contribution < 1.29 is 4.74 Å². The maximum Gasteiger partial charge on any atom is 0.121 e. The third-order valence-corrected chi connectivity index (χ3v) is 3.48. The molecule has 1 aromatic heterocycles. The van der Waals surface area contributed by atoms with E-state index >= 15 is 0 Å². The van der Waals surface area contributed by atoms with Crippen LogP contribution < -0.4 is 10.1 Å². The predicted octanol–water partition coefficient (Wildman–Crippen LogP) is 3.93. The minimum atomic E-state index is 0.252. The molecule has 18 heavy (non-hydrogen) atoms. The summed E-state index contributed by atoms with van der Waals surface area (Å²) >= 11 is 1.66. The van der Waals surface area contributed by atoms with Crippen molar-refractivity contribution in [3.8, 4) is 5.75 Å². The molecule has 0 bridgehead atoms. The summed E-state index contributed by atoms with van der Waals surface area (Å²) in [6.45, 7) is 5.01. The Kier molecular flexibility index (Phi) is 4.59. The summed E-state index contributed by atoms with van der Waals surface area (Å²) in [6, 6.07) is 8.08. The lowest BCUT2D eigenvalue weighted by atomic mass is 10.2. The van der Waals surface area contributed by atoms with E-state index in [1.807, 2.05) is 36.0 Å². The van der Waals surface area contributed by atoms with E-state index in [-0.39, 0.29) is 6.10 Å². The first-order valence-corrected chi connectivity index (χ1v) is 7.04. The van der Waals surface area contributed by atoms with E-state index in [1.165, 1.54) is 4.88 Å². The van der Waals surface area contributed by atoms with Gasteiger partial charge in [0.05, 0.1) is 18.2 Å². The Morgan fingerprint density at radius 1 is 1.44 bits per heavy atom. The lowest BCUT2D eigenvalue weighted by molar-refractivity contribution is 0.217. The number of ether oxygens (including phenoxy) is 1. The third-order valence-electron chi connectivity index (χ3n) is 2.70. The molecule has 1 heterocycles. The van der Waals surface area contributed by atoms with E-state index in [0.29, 0.717) is 0 Å². The molecule has 0 aliphatic heterocycles. The molecule has 0 amide bonds. The van der Waals surface area contributed by atoms with Crippen molar-refractivity contribution in [2.75, 3.05) is 5.32 Å². The van der Waals surface area contributed by atoms with Gasteiger partial charge < -0.3 is 10.1 Å². The van der Waals surface area contributed by atoms with Crippen molar-refractivity contribution in [2.45, 2.75) is 32.9 Å². The minimum absolute atomic E-state index is 0.252. The Morgan fingerprint density at radius 2 is 2.33 bits per heavy atom. The Morgan fingerprint density at radius 3 is 3.06 bits per heavy atom. The van der Waals surface area contributed by atoms with Gasteiger partial charge in [-0.3, -0.25) is 4.98 Å². The maximum absolute atomic E-state index is 5.79. The number of nitrogens with one attached hydrogen (secondary N) is 1. The fourth-order valence-corrected chi connectivity index (χ4v) is 2.05. The largest absolute Gasteiger partial charge is 0.491 e. The second-order valence-corrected chi connectivity index (χ2v) is 5.16. The molecule has 96 valence electrons. The number of hydrogen-bond donors (Lipinski definition) is 1. The first-order valence-electron chi connectivity index (χ1n) is 6.16. The highest BCUT2D eigenvalue weighted by molar-refractivity contribution is 7.09. The quantitative estimate of drug-likeness (QED) is 0.856. The van der Waals surface area contributed by atoms with Crippen molar-refractivity contribution in [1.82, 2.24) is 4.98 Å². The van der Waals surface area contributed by atoms with Crippen molar-refractivity contribution in [2.24, 2.45) is 0 Å². The van der Waals surface area contributed by atoms with E-state index in [2.05, 4.69) is 24.1 Å². The normalized spacial score (nSPS) is 12.1. The van der Waals surface area contributed by atoms with Crippen molar-refractivity contribution >= 4 is 17.0 Å². The van der Waals surface area contributed by atoms with Crippen LogP contribution in [0.4, 0.5) is 5.69 Å². The lowest BCUT2D eigenvalue weighted by Gasteiger charge is -2.13. The predicted molar refractivity (Wildman–Crippen MR) is 76.3 cm³/mol. The summed E-state index contributed by atoms with van der Waals surface area (Å²) in [5, 5.41) is 3.37. The van der Waals surface area contributed by atoms with Gasteiger partial charge in [0, 0.05) is 22.8 Å². The summed E-state index contributed by atoms with van der Waals surface area (Å²) in [5.74, 6) is 0.915. The van der Waals surface area contributed by atoms with Gasteiger partial charge in [-0.05, 0) is 25.5 Å². The van der Waals surface area contributed by atoms with E-state index in [1.54, 1.807) is 11.3 Å². The van der Waals surface area contributed by atoms with Gasteiger partial charge in [-0.25, -0.2) is 0 Å². The summed E-state index contributed by atoms with van der Waals surface area (Å²) < 4.78 is 5.79. The van der Waals surface area contributed by atoms with E-state index in [4.69, 9.17) is 4.74 Å². The molecule has 1 atom stereocenters. The molecule has 0 aliphatic rings. The zero-order chi connectivity index (χ0) is 12.8. The van der Waals surface area contributed by atoms with Gasteiger partial charge in [0.2, 0.25) is 0 Å². The molecule has 0 aliphatic carbocycles. The Hall–Kier alpha value is -1.55. The molecule has 0 saturated carbocycles. The lowest BCUT2D eigenvalue weighted by Crippen LogP contribution is -2.09. The molecule has 0 spiro atoms. The van der Waals surface area contributed by atoms with Crippen LogP contribution in [-0.4, -0.2) is 11.1 Å². The number of rotatable bonds is 6. The van der Waals surface area contributed by atoms with Gasteiger partial charge in [0.25, 0.3) is 0 Å². The third kappa shape index (κ3) is 3.74. The number of hydrogen-bond acceptors (Lipinski definition) is 4. The topological polar surface area (TPSA) is 34.1 Å². The summed E-state index contributed by atoms with van der Waals surface area (Å²) in [4.78, 5) is 5.28. The van der Waals surface area contributed by atoms with E-state index < -0.39 is 0 Å². The van der Waals surface area contributed by atoms with Crippen LogP contribution >= 0.6 is 11.3 Å². The summed E-state index contributed by atoms with van der Waals surface area (Å²) in [7, 11) is 0. The molecule has 0 saturated heterocycles. The Bertz CT molecular complexity index is 470. The number of benzene rings is 1. The van der Waals surface area contributed by atoms with Crippen LogP contribution in [0.25, 0.3) is 0 Å². The molecule has 3 nitrogen and oxygen atoms in total. The van der Waals surface area contributed by atoms with Gasteiger partial charge in [-0.2, -0.15) is 0 Å². The van der Waals surface area contributed by atoms with E-state index in [0.717, 1.165) is 24.4 Å². The van der Waals surface area contributed by atoms with Gasteiger partial charge in [-0.1, -0.05) is 13.0 Å². The van der Waals surface area contributed by atoms with Gasteiger partial charge in [0.15, 0.2) is 0 Å². The highest BCUT2D eigenvalue weighted by Crippen LogP contribution is 2.20. The number of aromatic nitrogens is 1. The average molecular weight is 262 g/mol. The molecule has 0 fully saturated rings. The fraction of sp³-hybridized carbons (Fsp3) is 0.357. The second-order valence-electron chi connectivity index (χ2n) is 4.19. The molecule has 1 N–H and O–H groups in total. The van der Waals surface area contributed by atoms with Crippen LogP contribution in [0.1, 0.15) is 25.1 Å². The number of thiazole rings is 1. The molecule has 2 aromatic rings. The average Bonchev–Trinajstić information content (AvgIpc) is 2.90. The van der Waals surface area contributed by atoms with Crippen molar-refractivity contribution in [3.05, 3.63) is 40.8 Å². The zero-order valence-electron chi connectivity index (χ0n) is 10.7. The summed E-state index contributed by atoms with van der Waals surface area (Å²) in [5.41, 5.74) is 2.92. The second kappa shape index (κ2) is 6.40. The first kappa shape index (κ1) is 12.9. The van der Waals surface area contributed by atoms with Crippen molar-refractivity contribution in [1.29, 1.82) is 0 Å². The van der Waals surface area contributed by atoms with Crippen LogP contribution in [0, 0.1) is 0 Å². The Labute approximate surface area is 112 Å². The molecule has 1 unspecified atom stereocenters. The van der Waals surface area contributed by atoms with Gasteiger partial charge in [0.1, 0.15) is 5.75 Å². The zero-order valence-corrected chi connectivity index (χ0v) is 11.5. The van der Waals surface area contributed by atoms with E-state index in [9.17, 15) is 0 Å². The molecule has 4 heteroatoms. The van der Waals surface area contributed by atoms with Gasteiger partial charge in [-0.15, -0.1) is 11.3 Å². The molecule has 1 aromatic carbocycles. The monoisotopic (exact) mass is 262 g/mol. The molecule has 2 rings (SSSR count). The Balaban J connectivity index is 1.94. The van der Waals surface area contributed by atoms with Crippen LogP contribution in [-0.2, 0) is 6.54 Å². The van der Waals surface area contributed by atoms with Crippen LogP contribution in [0.3, 0.4) is 0 Å². The standard InChI is InChI=1S/C14H18N2OS/c1-3-11(2)17-13-6-4-5-12(7-13)16-9-14-8-15-10-18-14/h4-8,10-11,16H,3,9H2,1-2H3. The van der Waals surface area contributed by atoms with Crippen LogP contribution in [0.15, 0.2) is 36.0 Å². The minimum Gasteiger partial charge on any atom is -0.491 e. The maximum atomic E-state index is 5.79. The smallest absolute Gasteiger partial charge is 0.121 e.